The molecule has 27 heavy (non-hydrogen) atoms. The first-order valence-corrected chi connectivity index (χ1v) is 8.15. The van der Waals surface area contributed by atoms with Crippen LogP contribution in [0.15, 0.2) is 12.5 Å². The molecule has 0 bridgehead atoms. The minimum atomic E-state index is -1.27. The summed E-state index contributed by atoms with van der Waals surface area (Å²) in [5, 5.41) is 22.9. The first-order valence-electron chi connectivity index (χ1n) is 8.15. The van der Waals surface area contributed by atoms with Crippen molar-refractivity contribution in [1.82, 2.24) is 20.6 Å². The summed E-state index contributed by atoms with van der Waals surface area (Å²) in [5.74, 6) is -3.60. The predicted octanol–water partition coefficient (Wildman–Crippen LogP) is -3.02. The second kappa shape index (κ2) is 10.2. The number of carbonyl (C=O) groups is 4. The Labute approximate surface area is 154 Å². The van der Waals surface area contributed by atoms with Crippen molar-refractivity contribution in [2.45, 2.75) is 50.4 Å². The van der Waals surface area contributed by atoms with Gasteiger partial charge in [-0.3, -0.25) is 19.2 Å². The smallest absolute Gasteiger partial charge is 0.303 e. The highest BCUT2D eigenvalue weighted by atomic mass is 16.4. The van der Waals surface area contributed by atoms with E-state index >= 15 is 0 Å². The van der Waals surface area contributed by atoms with Crippen LogP contribution < -0.4 is 22.1 Å². The zero-order valence-electron chi connectivity index (χ0n) is 14.7. The van der Waals surface area contributed by atoms with E-state index in [9.17, 15) is 24.3 Å². The van der Waals surface area contributed by atoms with Crippen molar-refractivity contribution >= 4 is 23.7 Å². The standard InChI is InChI=1S/C15H24N6O6/c1-7(22)12(16)15(27)21-10(4-8-5-18-6-19-8)14(26)20-9(13(17)25)2-3-11(23)24/h5-7,9-10,12,22H,2-4,16H2,1H3,(H2,17,25)(H,18,19)(H,20,26)(H,21,27)(H,23,24)/t7-,9+,10+,12+/m1/s1. The first kappa shape index (κ1) is 22.1. The maximum absolute atomic E-state index is 12.5. The van der Waals surface area contributed by atoms with Gasteiger partial charge in [-0.1, -0.05) is 0 Å². The summed E-state index contributed by atoms with van der Waals surface area (Å²) >= 11 is 0. The fourth-order valence-electron chi connectivity index (χ4n) is 2.13. The van der Waals surface area contributed by atoms with E-state index in [-0.39, 0.29) is 19.3 Å². The summed E-state index contributed by atoms with van der Waals surface area (Å²) in [4.78, 5) is 53.4. The second-order valence-electron chi connectivity index (χ2n) is 5.99. The molecule has 0 saturated heterocycles. The number of rotatable bonds is 11. The summed E-state index contributed by atoms with van der Waals surface area (Å²) in [5.41, 5.74) is 11.2. The summed E-state index contributed by atoms with van der Waals surface area (Å²) in [6, 6.07) is -3.66. The van der Waals surface area contributed by atoms with Gasteiger partial charge in [0.1, 0.15) is 18.1 Å². The highest BCUT2D eigenvalue weighted by molar-refractivity contribution is 5.93. The van der Waals surface area contributed by atoms with Gasteiger partial charge in [0.2, 0.25) is 17.7 Å². The molecule has 12 nitrogen and oxygen atoms in total. The van der Waals surface area contributed by atoms with Gasteiger partial charge in [0.25, 0.3) is 0 Å². The molecule has 1 aromatic heterocycles. The Kier molecular flexibility index (Phi) is 8.35. The summed E-state index contributed by atoms with van der Waals surface area (Å²) < 4.78 is 0. The molecule has 150 valence electrons. The van der Waals surface area contributed by atoms with Gasteiger partial charge in [0.05, 0.1) is 18.1 Å². The molecule has 1 aromatic rings. The van der Waals surface area contributed by atoms with Crippen LogP contribution in [0.5, 0.6) is 0 Å². The van der Waals surface area contributed by atoms with Crippen LogP contribution in [0, 0.1) is 0 Å². The molecule has 1 rings (SSSR count). The Hall–Kier alpha value is -2.99. The number of nitrogens with zero attached hydrogens (tertiary/aromatic N) is 1. The molecular weight excluding hydrogens is 360 g/mol. The molecule has 1 heterocycles. The lowest BCUT2D eigenvalue weighted by atomic mass is 10.1. The average Bonchev–Trinajstić information content (AvgIpc) is 3.09. The number of aromatic amines is 1. The van der Waals surface area contributed by atoms with E-state index in [4.69, 9.17) is 16.6 Å². The van der Waals surface area contributed by atoms with E-state index in [2.05, 4.69) is 20.6 Å². The minimum Gasteiger partial charge on any atom is -0.481 e. The third-order valence-electron chi connectivity index (χ3n) is 3.73. The molecule has 0 aliphatic carbocycles. The number of H-pyrrole nitrogens is 1. The van der Waals surface area contributed by atoms with E-state index in [0.29, 0.717) is 5.69 Å². The van der Waals surface area contributed by atoms with Gasteiger partial charge in [-0.25, -0.2) is 4.98 Å². The average molecular weight is 384 g/mol. The molecule has 0 unspecified atom stereocenters. The van der Waals surface area contributed by atoms with Gasteiger partial charge in [-0.05, 0) is 13.3 Å². The minimum absolute atomic E-state index is 0.0297. The number of carboxylic acid groups (broad SMARTS) is 1. The SMILES string of the molecule is C[C@@H](O)[C@H](N)C(=O)N[C@@H](Cc1c[nH]cn1)C(=O)N[C@@H](CCC(=O)O)C(N)=O. The molecule has 0 aromatic carbocycles. The highest BCUT2D eigenvalue weighted by Gasteiger charge is 2.29. The third kappa shape index (κ3) is 7.42. The van der Waals surface area contributed by atoms with Gasteiger partial charge in [0.15, 0.2) is 0 Å². The van der Waals surface area contributed by atoms with Gasteiger partial charge < -0.3 is 37.3 Å². The number of aromatic nitrogens is 2. The first-order chi connectivity index (χ1) is 12.6. The number of carboxylic acids is 1. The highest BCUT2D eigenvalue weighted by Crippen LogP contribution is 2.03. The molecule has 4 atom stereocenters. The second-order valence-corrected chi connectivity index (χ2v) is 5.99. The van der Waals surface area contributed by atoms with Crippen molar-refractivity contribution in [1.29, 1.82) is 0 Å². The van der Waals surface area contributed by atoms with E-state index in [1.807, 2.05) is 0 Å². The van der Waals surface area contributed by atoms with Crippen molar-refractivity contribution in [2.24, 2.45) is 11.5 Å². The van der Waals surface area contributed by atoms with Crippen LogP contribution in [0.4, 0.5) is 0 Å². The lowest BCUT2D eigenvalue weighted by Crippen LogP contribution is -2.57. The van der Waals surface area contributed by atoms with Crippen LogP contribution in [-0.2, 0) is 25.6 Å². The Morgan fingerprint density at radius 1 is 1.22 bits per heavy atom. The van der Waals surface area contributed by atoms with Crippen molar-refractivity contribution in [3.05, 3.63) is 18.2 Å². The largest absolute Gasteiger partial charge is 0.481 e. The number of nitrogens with one attached hydrogen (secondary N) is 3. The number of hydrogen-bond donors (Lipinski definition) is 7. The van der Waals surface area contributed by atoms with E-state index < -0.39 is 47.9 Å². The number of nitrogens with two attached hydrogens (primary N) is 2. The molecule has 0 aliphatic rings. The van der Waals surface area contributed by atoms with Crippen molar-refractivity contribution in [3.63, 3.8) is 0 Å². The van der Waals surface area contributed by atoms with Gasteiger partial charge in [0, 0.05) is 19.0 Å². The molecule has 9 N–H and O–H groups in total. The molecule has 0 spiro atoms. The molecule has 0 saturated carbocycles. The van der Waals surface area contributed by atoms with Crippen LogP contribution in [-0.4, -0.2) is 68.1 Å². The summed E-state index contributed by atoms with van der Waals surface area (Å²) in [7, 11) is 0. The topological polar surface area (TPSA) is 214 Å². The Bertz CT molecular complexity index is 662. The Morgan fingerprint density at radius 2 is 1.85 bits per heavy atom. The van der Waals surface area contributed by atoms with Crippen molar-refractivity contribution < 1.29 is 29.4 Å². The number of aliphatic hydroxyl groups is 1. The van der Waals surface area contributed by atoms with Gasteiger partial charge in [-0.2, -0.15) is 0 Å². The maximum Gasteiger partial charge on any atom is 0.303 e. The lowest BCUT2D eigenvalue weighted by molar-refractivity contribution is -0.137. The Morgan fingerprint density at radius 3 is 2.33 bits per heavy atom. The number of hydrogen-bond acceptors (Lipinski definition) is 7. The molecule has 12 heteroatoms. The van der Waals surface area contributed by atoms with Crippen LogP contribution in [0.1, 0.15) is 25.5 Å². The number of imidazole rings is 1. The van der Waals surface area contributed by atoms with Gasteiger partial charge >= 0.3 is 5.97 Å². The van der Waals surface area contributed by atoms with E-state index in [0.717, 1.165) is 0 Å². The normalized spacial score (nSPS) is 15.2. The molecule has 0 fully saturated rings. The molecule has 0 radical (unpaired) electrons. The van der Waals surface area contributed by atoms with Crippen LogP contribution in [0.2, 0.25) is 0 Å². The quantitative estimate of drug-likeness (QED) is 0.208. The molecule has 0 aliphatic heterocycles. The summed E-state index contributed by atoms with van der Waals surface area (Å²) in [6.45, 7) is 1.32. The van der Waals surface area contributed by atoms with Crippen LogP contribution in [0.25, 0.3) is 0 Å². The third-order valence-corrected chi connectivity index (χ3v) is 3.73. The number of amides is 3. The van der Waals surface area contributed by atoms with Crippen LogP contribution in [0.3, 0.4) is 0 Å². The van der Waals surface area contributed by atoms with Crippen molar-refractivity contribution in [2.75, 3.05) is 0 Å². The predicted molar refractivity (Wildman–Crippen MR) is 91.9 cm³/mol. The zero-order chi connectivity index (χ0) is 20.6. The molecular formula is C15H24N6O6. The number of primary amides is 1. The monoisotopic (exact) mass is 384 g/mol. The van der Waals surface area contributed by atoms with E-state index in [1.165, 1.54) is 19.4 Å². The fraction of sp³-hybridized carbons (Fsp3) is 0.533. The lowest BCUT2D eigenvalue weighted by Gasteiger charge is -2.23. The summed E-state index contributed by atoms with van der Waals surface area (Å²) in [6.07, 6.45) is 1.14. The maximum atomic E-state index is 12.5. The molecule has 3 amide bonds. The Balaban J connectivity index is 2.88. The van der Waals surface area contributed by atoms with Crippen LogP contribution >= 0.6 is 0 Å². The fourth-order valence-corrected chi connectivity index (χ4v) is 2.13. The van der Waals surface area contributed by atoms with Gasteiger partial charge in [-0.15, -0.1) is 0 Å². The number of aliphatic hydroxyl groups excluding tert-OH is 1. The number of aliphatic carboxylic acids is 1. The zero-order valence-corrected chi connectivity index (χ0v) is 14.7. The van der Waals surface area contributed by atoms with Crippen molar-refractivity contribution in [3.8, 4) is 0 Å². The van der Waals surface area contributed by atoms with E-state index in [1.54, 1.807) is 0 Å². The number of carbonyl (C=O) groups excluding carboxylic acids is 3.